The van der Waals surface area contributed by atoms with Gasteiger partial charge in [-0.15, -0.1) is 11.8 Å². The monoisotopic (exact) mass is 732 g/mol. The number of carbonyl (C=O) groups is 2. The van der Waals surface area contributed by atoms with E-state index in [1.807, 2.05) is 43.0 Å². The molecule has 2 aliphatic rings. The maximum absolute atomic E-state index is 11.8. The van der Waals surface area contributed by atoms with Crippen molar-refractivity contribution in [2.24, 2.45) is 4.99 Å². The van der Waals surface area contributed by atoms with Crippen molar-refractivity contribution >= 4 is 74.8 Å². The first-order valence-electron chi connectivity index (χ1n) is 13.9. The summed E-state index contributed by atoms with van der Waals surface area (Å²) in [6.45, 7) is 6.80. The van der Waals surface area contributed by atoms with Gasteiger partial charge in [-0.1, -0.05) is 71.0 Å². The molecule has 1 fully saturated rings. The van der Waals surface area contributed by atoms with Crippen molar-refractivity contribution < 1.29 is 28.9 Å². The first-order chi connectivity index (χ1) is 21.8. The van der Waals surface area contributed by atoms with Gasteiger partial charge in [0.05, 0.1) is 34.7 Å². The highest BCUT2D eigenvalue weighted by atomic mass is 35.5. The van der Waals surface area contributed by atoms with Crippen LogP contribution in [0.2, 0.25) is 10.0 Å². The Balaban J connectivity index is 0.000000265. The average Bonchev–Trinajstić information content (AvgIpc) is 3.56. The Morgan fingerprint density at radius 1 is 0.913 bits per heavy atom. The van der Waals surface area contributed by atoms with E-state index >= 15 is 0 Å². The smallest absolute Gasteiger partial charge is 0.412 e. The van der Waals surface area contributed by atoms with Gasteiger partial charge in [0, 0.05) is 21.0 Å². The summed E-state index contributed by atoms with van der Waals surface area (Å²) in [4.78, 5) is 45.9. The zero-order valence-corrected chi connectivity index (χ0v) is 29.6. The molecule has 250 valence electrons. The molecule has 4 atom stereocenters. The molecule has 0 spiro atoms. The number of carbonyl (C=O) groups excluding carboxylic acids is 2. The van der Waals surface area contributed by atoms with E-state index in [9.17, 15) is 29.8 Å². The molecule has 12 nitrogen and oxygen atoms in total. The third kappa shape index (κ3) is 12.3. The van der Waals surface area contributed by atoms with Crippen molar-refractivity contribution in [3.05, 3.63) is 101 Å². The van der Waals surface area contributed by atoms with Crippen molar-refractivity contribution in [2.75, 3.05) is 26.0 Å². The number of rotatable bonds is 8. The molecular formula is C29H34Cl2N4O8S3. The summed E-state index contributed by atoms with van der Waals surface area (Å²) in [5, 5.41) is 25.8. The van der Waals surface area contributed by atoms with E-state index in [0.717, 1.165) is 10.6 Å². The van der Waals surface area contributed by atoms with Gasteiger partial charge in [0.1, 0.15) is 4.38 Å². The Morgan fingerprint density at radius 2 is 1.43 bits per heavy atom. The molecule has 0 aliphatic carbocycles. The minimum Gasteiger partial charge on any atom is -0.461 e. The number of halogens is 2. The molecule has 46 heavy (non-hydrogen) atoms. The number of nitro groups is 2. The molecule has 0 radical (unpaired) electrons. The second-order valence-corrected chi connectivity index (χ2v) is 13.6. The van der Waals surface area contributed by atoms with E-state index in [2.05, 4.69) is 40.4 Å². The number of nitrogens with one attached hydrogen (secondary N) is 1. The van der Waals surface area contributed by atoms with E-state index in [0.29, 0.717) is 16.3 Å². The predicted octanol–water partition coefficient (Wildman–Crippen LogP) is 7.18. The van der Waals surface area contributed by atoms with Crippen molar-refractivity contribution in [3.63, 3.8) is 0 Å². The first kappa shape index (κ1) is 39.2. The molecule has 0 aromatic heterocycles. The van der Waals surface area contributed by atoms with Gasteiger partial charge in [0.2, 0.25) is 0 Å². The fraction of sp³-hybridized carbons (Fsp3) is 0.414. The Labute approximate surface area is 289 Å². The van der Waals surface area contributed by atoms with Gasteiger partial charge in [-0.2, -0.15) is 0 Å². The fourth-order valence-electron chi connectivity index (χ4n) is 4.01. The van der Waals surface area contributed by atoms with Crippen LogP contribution >= 0.6 is 58.5 Å². The predicted molar refractivity (Wildman–Crippen MR) is 186 cm³/mol. The molecule has 2 aliphatic heterocycles. The molecule has 17 heteroatoms. The molecule has 1 saturated heterocycles. The second kappa shape index (κ2) is 19.6. The number of ether oxygens (including phenoxy) is 2. The maximum atomic E-state index is 11.8. The van der Waals surface area contributed by atoms with Crippen LogP contribution in [-0.2, 0) is 19.1 Å². The van der Waals surface area contributed by atoms with Crippen LogP contribution < -0.4 is 5.32 Å². The Hall–Kier alpha value is -2.98. The fourth-order valence-corrected chi connectivity index (χ4v) is 7.57. The summed E-state index contributed by atoms with van der Waals surface area (Å²) in [6, 6.07) is 15.7. The van der Waals surface area contributed by atoms with Crippen molar-refractivity contribution in [1.29, 1.82) is 0 Å². The molecule has 1 N–H and O–H groups in total. The quantitative estimate of drug-likeness (QED) is 0.126. The van der Waals surface area contributed by atoms with E-state index < -0.39 is 34.0 Å². The molecule has 4 rings (SSSR count). The van der Waals surface area contributed by atoms with Crippen molar-refractivity contribution in [2.45, 2.75) is 50.3 Å². The van der Waals surface area contributed by atoms with E-state index in [1.54, 1.807) is 37.7 Å². The molecule has 0 saturated carbocycles. The van der Waals surface area contributed by atoms with Gasteiger partial charge in [-0.3, -0.25) is 25.2 Å². The molecular weight excluding hydrogens is 699 g/mol. The van der Waals surface area contributed by atoms with Gasteiger partial charge in [0.25, 0.3) is 6.54 Å². The molecule has 4 unspecified atom stereocenters. The molecule has 2 aromatic rings. The van der Waals surface area contributed by atoms with Crippen LogP contribution in [0.4, 0.5) is 0 Å². The first-order valence-corrected chi connectivity index (χ1v) is 17.6. The third-order valence-electron chi connectivity index (χ3n) is 6.03. The number of hydrogen-bond acceptors (Lipinski definition) is 13. The summed E-state index contributed by atoms with van der Waals surface area (Å²) in [5.41, 5.74) is 1.75. The highest BCUT2D eigenvalue weighted by Gasteiger charge is 2.38. The minimum atomic E-state index is -0.925. The second-order valence-electron chi connectivity index (χ2n) is 9.40. The standard InChI is InChI=1S/C14H15ClN2O4S.C11H12ClNS2.C4H7NO4/c1-3-21-14(18)11(17(19)20)13-16-8(2)12(22-13)9-4-6-10(15)7-5-9;1-7-10(15-11(13-7)14-2)8-3-5-9(12)6-4-8;1-2-9-4(6)3-5(7)8/h4-8,12,16H,3H2,1-2H3;3-7,10H,1-2H3;2-3H2,1H3. The lowest BCUT2D eigenvalue weighted by Crippen LogP contribution is -2.25. The lowest BCUT2D eigenvalue weighted by Gasteiger charge is -2.13. The zero-order chi connectivity index (χ0) is 34.4. The van der Waals surface area contributed by atoms with Crippen molar-refractivity contribution in [3.8, 4) is 0 Å². The third-order valence-corrected chi connectivity index (χ3v) is 10.5. The van der Waals surface area contributed by atoms with Gasteiger partial charge >= 0.3 is 17.6 Å². The summed E-state index contributed by atoms with van der Waals surface area (Å²) in [7, 11) is 0. The zero-order valence-electron chi connectivity index (χ0n) is 25.6. The number of aliphatic imine (C=N–C) groups is 1. The van der Waals surface area contributed by atoms with Crippen LogP contribution in [0, 0.1) is 20.2 Å². The topological polar surface area (TPSA) is 163 Å². The van der Waals surface area contributed by atoms with Gasteiger partial charge in [-0.05, 0) is 69.3 Å². The Bertz CT molecular complexity index is 1430. The lowest BCUT2D eigenvalue weighted by atomic mass is 10.1. The van der Waals surface area contributed by atoms with Crippen molar-refractivity contribution in [1.82, 2.24) is 5.32 Å². The molecule has 2 aromatic carbocycles. The number of nitrogens with zero attached hydrogens (tertiary/aromatic N) is 3. The van der Waals surface area contributed by atoms with Gasteiger partial charge < -0.3 is 14.8 Å². The largest absolute Gasteiger partial charge is 0.461 e. The van der Waals surface area contributed by atoms with Crippen LogP contribution in [0.3, 0.4) is 0 Å². The highest BCUT2D eigenvalue weighted by molar-refractivity contribution is 8.38. The summed E-state index contributed by atoms with van der Waals surface area (Å²) in [6.07, 6.45) is 2.07. The highest BCUT2D eigenvalue weighted by Crippen LogP contribution is 2.44. The number of thioether (sulfide) groups is 3. The molecule has 0 bridgehead atoms. The van der Waals surface area contributed by atoms with Crippen LogP contribution in [0.5, 0.6) is 0 Å². The molecule has 2 heterocycles. The lowest BCUT2D eigenvalue weighted by molar-refractivity contribution is -0.470. The normalized spacial score (nSPS) is 20.9. The van der Waals surface area contributed by atoms with E-state index in [-0.39, 0.29) is 29.5 Å². The number of benzene rings is 2. The van der Waals surface area contributed by atoms with Crippen LogP contribution in [0.25, 0.3) is 0 Å². The summed E-state index contributed by atoms with van der Waals surface area (Å²) < 4.78 is 10.2. The summed E-state index contributed by atoms with van der Waals surface area (Å²) >= 11 is 16.6. The average molecular weight is 734 g/mol. The SMILES string of the molecule is CCOC(=O)C(=C1NC(C)C(c2ccc(Cl)cc2)S1)[N+](=O)[O-].CCOC(=O)C[N+](=O)[O-].CSC1=NC(C)C(c2ccc(Cl)cc2)S1. The van der Waals surface area contributed by atoms with Crippen LogP contribution in [-0.4, -0.2) is 64.3 Å². The number of hydrogen-bond donors (Lipinski definition) is 1. The van der Waals surface area contributed by atoms with E-state index in [1.165, 1.54) is 21.7 Å². The van der Waals surface area contributed by atoms with E-state index in [4.69, 9.17) is 27.9 Å². The van der Waals surface area contributed by atoms with Gasteiger partial charge in [-0.25, -0.2) is 9.59 Å². The molecule has 0 amide bonds. The van der Waals surface area contributed by atoms with Gasteiger partial charge in [0.15, 0.2) is 5.03 Å². The minimum absolute atomic E-state index is 0.0448. The maximum Gasteiger partial charge on any atom is 0.412 e. The van der Waals surface area contributed by atoms with Crippen LogP contribution in [0.1, 0.15) is 49.3 Å². The van der Waals surface area contributed by atoms with Crippen LogP contribution in [0.15, 0.2) is 64.2 Å². The summed E-state index contributed by atoms with van der Waals surface area (Å²) in [5.74, 6) is -1.71. The Morgan fingerprint density at radius 3 is 1.87 bits per heavy atom. The number of esters is 2. The Kier molecular flexibility index (Phi) is 16.7.